The summed E-state index contributed by atoms with van der Waals surface area (Å²) < 4.78 is 26.5. The molecule has 2 aromatic rings. The van der Waals surface area contributed by atoms with Crippen LogP contribution in [-0.2, 0) is 10.0 Å². The van der Waals surface area contributed by atoms with Gasteiger partial charge in [-0.1, -0.05) is 43.3 Å². The van der Waals surface area contributed by atoms with Crippen LogP contribution in [0.4, 0.5) is 0 Å². The molecule has 0 aliphatic carbocycles. The number of rotatable bonds is 7. The predicted molar refractivity (Wildman–Crippen MR) is 104 cm³/mol. The third kappa shape index (κ3) is 4.71. The smallest absolute Gasteiger partial charge is 0.251 e. The number of carbonyl (C=O) groups excluding carboxylic acids is 1. The molecule has 26 heavy (non-hydrogen) atoms. The van der Waals surface area contributed by atoms with Gasteiger partial charge in [0, 0.05) is 25.2 Å². The van der Waals surface area contributed by atoms with E-state index >= 15 is 0 Å². The SMILES string of the molecule is CC(CNC(=O)c1cccc(S(=O)(=O)N(C)C(C)C)c1)c1ccccc1. The van der Waals surface area contributed by atoms with Crippen molar-refractivity contribution < 1.29 is 13.2 Å². The molecule has 0 aromatic heterocycles. The van der Waals surface area contributed by atoms with Gasteiger partial charge < -0.3 is 5.32 Å². The molecule has 1 atom stereocenters. The second kappa shape index (κ2) is 8.47. The molecule has 1 amide bonds. The Hall–Kier alpha value is -2.18. The van der Waals surface area contributed by atoms with Gasteiger partial charge in [-0.15, -0.1) is 0 Å². The van der Waals surface area contributed by atoms with E-state index in [0.29, 0.717) is 12.1 Å². The van der Waals surface area contributed by atoms with Gasteiger partial charge in [-0.2, -0.15) is 4.31 Å². The summed E-state index contributed by atoms with van der Waals surface area (Å²) in [6.45, 7) is 6.12. The standard InChI is InChI=1S/C20H26N2O3S/c1-15(2)22(4)26(24,25)19-12-8-11-18(13-19)20(23)21-14-16(3)17-9-6-5-7-10-17/h5-13,15-16H,14H2,1-4H3,(H,21,23). The highest BCUT2D eigenvalue weighted by molar-refractivity contribution is 7.89. The van der Waals surface area contributed by atoms with Crippen molar-refractivity contribution >= 4 is 15.9 Å². The summed E-state index contributed by atoms with van der Waals surface area (Å²) in [7, 11) is -2.08. The van der Waals surface area contributed by atoms with Crippen molar-refractivity contribution in [1.29, 1.82) is 0 Å². The molecule has 0 aliphatic heterocycles. The molecule has 0 heterocycles. The van der Waals surface area contributed by atoms with E-state index in [-0.39, 0.29) is 22.8 Å². The lowest BCUT2D eigenvalue weighted by Crippen LogP contribution is -2.33. The third-order valence-corrected chi connectivity index (χ3v) is 6.47. The van der Waals surface area contributed by atoms with Gasteiger partial charge in [0.15, 0.2) is 0 Å². The first-order valence-corrected chi connectivity index (χ1v) is 10.1. The summed E-state index contributed by atoms with van der Waals surface area (Å²) in [5.41, 5.74) is 1.48. The Morgan fingerprint density at radius 1 is 1.04 bits per heavy atom. The lowest BCUT2D eigenvalue weighted by Gasteiger charge is -2.21. The number of amides is 1. The number of benzene rings is 2. The number of hydrogen-bond donors (Lipinski definition) is 1. The van der Waals surface area contributed by atoms with Gasteiger partial charge in [-0.25, -0.2) is 8.42 Å². The monoisotopic (exact) mass is 374 g/mol. The summed E-state index contributed by atoms with van der Waals surface area (Å²) in [5.74, 6) is -0.115. The molecule has 0 saturated carbocycles. The van der Waals surface area contributed by atoms with Crippen molar-refractivity contribution in [3.05, 3.63) is 65.7 Å². The molecule has 5 nitrogen and oxygen atoms in total. The second-order valence-electron chi connectivity index (χ2n) is 6.66. The zero-order valence-electron chi connectivity index (χ0n) is 15.6. The van der Waals surface area contributed by atoms with Crippen LogP contribution in [0.2, 0.25) is 0 Å². The normalized spacial score (nSPS) is 13.0. The highest BCUT2D eigenvalue weighted by atomic mass is 32.2. The molecular formula is C20H26N2O3S. The van der Waals surface area contributed by atoms with Crippen LogP contribution in [0, 0.1) is 0 Å². The van der Waals surface area contributed by atoms with Crippen LogP contribution >= 0.6 is 0 Å². The van der Waals surface area contributed by atoms with Gasteiger partial charge in [-0.05, 0) is 43.5 Å². The van der Waals surface area contributed by atoms with E-state index in [2.05, 4.69) is 5.32 Å². The van der Waals surface area contributed by atoms with Crippen LogP contribution in [0.5, 0.6) is 0 Å². The Bertz CT molecular complexity index is 848. The minimum absolute atomic E-state index is 0.123. The van der Waals surface area contributed by atoms with Gasteiger partial charge in [0.1, 0.15) is 0 Å². The second-order valence-corrected chi connectivity index (χ2v) is 8.66. The molecule has 6 heteroatoms. The summed E-state index contributed by atoms with van der Waals surface area (Å²) >= 11 is 0. The Morgan fingerprint density at radius 2 is 1.69 bits per heavy atom. The Kier molecular flexibility index (Phi) is 6.56. The summed E-state index contributed by atoms with van der Waals surface area (Å²) in [4.78, 5) is 12.6. The molecule has 2 rings (SSSR count). The van der Waals surface area contributed by atoms with E-state index in [1.165, 1.54) is 23.5 Å². The van der Waals surface area contributed by atoms with Gasteiger partial charge in [0.2, 0.25) is 10.0 Å². The first kappa shape index (κ1) is 20.1. The summed E-state index contributed by atoms with van der Waals surface area (Å²) in [6.07, 6.45) is 0. The first-order chi connectivity index (χ1) is 12.2. The summed E-state index contributed by atoms with van der Waals surface area (Å²) in [5, 5.41) is 2.88. The highest BCUT2D eigenvalue weighted by Gasteiger charge is 2.24. The van der Waals surface area contributed by atoms with Crippen molar-refractivity contribution in [2.45, 2.75) is 37.6 Å². The van der Waals surface area contributed by atoms with E-state index in [0.717, 1.165) is 5.56 Å². The fraction of sp³-hybridized carbons (Fsp3) is 0.350. The molecule has 1 unspecified atom stereocenters. The topological polar surface area (TPSA) is 66.5 Å². The first-order valence-electron chi connectivity index (χ1n) is 8.64. The number of sulfonamides is 1. The molecular weight excluding hydrogens is 348 g/mol. The Morgan fingerprint density at radius 3 is 2.31 bits per heavy atom. The van der Waals surface area contributed by atoms with Crippen molar-refractivity contribution in [3.8, 4) is 0 Å². The fourth-order valence-electron chi connectivity index (χ4n) is 2.49. The number of hydrogen-bond acceptors (Lipinski definition) is 3. The van der Waals surface area contributed by atoms with E-state index < -0.39 is 10.0 Å². The third-order valence-electron chi connectivity index (χ3n) is 4.44. The van der Waals surface area contributed by atoms with Crippen LogP contribution in [0.3, 0.4) is 0 Å². The molecule has 140 valence electrons. The molecule has 0 bridgehead atoms. The number of carbonyl (C=O) groups is 1. The molecule has 0 radical (unpaired) electrons. The van der Waals surface area contributed by atoms with Crippen molar-refractivity contribution in [1.82, 2.24) is 9.62 Å². The van der Waals surface area contributed by atoms with Crippen molar-refractivity contribution in [3.63, 3.8) is 0 Å². The molecule has 0 spiro atoms. The molecule has 1 N–H and O–H groups in total. The minimum Gasteiger partial charge on any atom is -0.351 e. The zero-order valence-corrected chi connectivity index (χ0v) is 16.5. The highest BCUT2D eigenvalue weighted by Crippen LogP contribution is 2.18. The lowest BCUT2D eigenvalue weighted by molar-refractivity contribution is 0.0951. The maximum Gasteiger partial charge on any atom is 0.251 e. The largest absolute Gasteiger partial charge is 0.351 e. The lowest BCUT2D eigenvalue weighted by atomic mass is 10.0. The van der Waals surface area contributed by atoms with E-state index in [1.54, 1.807) is 26.0 Å². The van der Waals surface area contributed by atoms with Gasteiger partial charge in [0.05, 0.1) is 4.90 Å². The van der Waals surface area contributed by atoms with Crippen LogP contribution < -0.4 is 5.32 Å². The maximum absolute atomic E-state index is 12.6. The minimum atomic E-state index is -3.62. The van der Waals surface area contributed by atoms with Gasteiger partial charge in [-0.3, -0.25) is 4.79 Å². The van der Waals surface area contributed by atoms with Crippen LogP contribution in [-0.4, -0.2) is 38.3 Å². The Balaban J connectivity index is 2.11. The van der Waals surface area contributed by atoms with Gasteiger partial charge >= 0.3 is 0 Å². The van der Waals surface area contributed by atoms with Crippen LogP contribution in [0.15, 0.2) is 59.5 Å². The molecule has 0 fully saturated rings. The Labute approximate surface area is 156 Å². The summed E-state index contributed by atoms with van der Waals surface area (Å²) in [6, 6.07) is 15.9. The predicted octanol–water partition coefficient (Wildman–Crippen LogP) is 3.25. The quantitative estimate of drug-likeness (QED) is 0.809. The van der Waals surface area contributed by atoms with Crippen molar-refractivity contribution in [2.75, 3.05) is 13.6 Å². The van der Waals surface area contributed by atoms with Crippen molar-refractivity contribution in [2.24, 2.45) is 0 Å². The fourth-order valence-corrected chi connectivity index (χ4v) is 3.90. The zero-order chi connectivity index (χ0) is 19.3. The average molecular weight is 375 g/mol. The van der Waals surface area contributed by atoms with E-state index in [1.807, 2.05) is 37.3 Å². The van der Waals surface area contributed by atoms with E-state index in [9.17, 15) is 13.2 Å². The number of nitrogens with one attached hydrogen (secondary N) is 1. The van der Waals surface area contributed by atoms with Crippen LogP contribution in [0.1, 0.15) is 42.6 Å². The molecule has 0 aliphatic rings. The average Bonchev–Trinajstić information content (AvgIpc) is 2.65. The molecule has 0 saturated heterocycles. The van der Waals surface area contributed by atoms with Crippen LogP contribution in [0.25, 0.3) is 0 Å². The number of nitrogens with zero attached hydrogens (tertiary/aromatic N) is 1. The maximum atomic E-state index is 12.6. The van der Waals surface area contributed by atoms with E-state index in [4.69, 9.17) is 0 Å². The molecule has 2 aromatic carbocycles. The van der Waals surface area contributed by atoms with Gasteiger partial charge in [0.25, 0.3) is 5.91 Å².